The number of halogens is 3. The average molecular weight is 364 g/mol. The van der Waals surface area contributed by atoms with E-state index < -0.39 is 17.6 Å². The number of carbonyl (C=O) groups is 1. The van der Waals surface area contributed by atoms with Gasteiger partial charge < -0.3 is 10.1 Å². The second-order valence-corrected chi connectivity index (χ2v) is 6.11. The van der Waals surface area contributed by atoms with Crippen LogP contribution < -0.4 is 5.32 Å². The summed E-state index contributed by atoms with van der Waals surface area (Å²) in [6.07, 6.45) is -4.41. The summed E-state index contributed by atoms with van der Waals surface area (Å²) in [6, 6.07) is 11.6. The molecule has 138 valence electrons. The third kappa shape index (κ3) is 4.83. The van der Waals surface area contributed by atoms with Crippen LogP contribution >= 0.6 is 0 Å². The van der Waals surface area contributed by atoms with Crippen LogP contribution in [0.5, 0.6) is 0 Å². The van der Waals surface area contributed by atoms with Crippen LogP contribution in [0.25, 0.3) is 0 Å². The van der Waals surface area contributed by atoms with Gasteiger partial charge in [0.25, 0.3) is 5.91 Å². The van der Waals surface area contributed by atoms with E-state index in [2.05, 4.69) is 10.2 Å². The second kappa shape index (κ2) is 7.88. The number of morpholine rings is 1. The number of hydrogen-bond donors (Lipinski definition) is 1. The van der Waals surface area contributed by atoms with E-state index in [0.29, 0.717) is 5.69 Å². The van der Waals surface area contributed by atoms with Crippen LogP contribution in [0.3, 0.4) is 0 Å². The van der Waals surface area contributed by atoms with Crippen LogP contribution in [0.4, 0.5) is 18.9 Å². The highest BCUT2D eigenvalue weighted by molar-refractivity contribution is 6.04. The van der Waals surface area contributed by atoms with Gasteiger partial charge in [0.15, 0.2) is 0 Å². The largest absolute Gasteiger partial charge is 0.416 e. The number of benzene rings is 2. The van der Waals surface area contributed by atoms with Crippen molar-refractivity contribution in [3.05, 3.63) is 65.2 Å². The van der Waals surface area contributed by atoms with E-state index in [9.17, 15) is 18.0 Å². The fraction of sp³-hybridized carbons (Fsp3) is 0.316. The third-order valence-electron chi connectivity index (χ3n) is 4.20. The van der Waals surface area contributed by atoms with E-state index in [1.807, 2.05) is 12.1 Å². The maximum Gasteiger partial charge on any atom is 0.416 e. The van der Waals surface area contributed by atoms with Gasteiger partial charge >= 0.3 is 6.18 Å². The molecule has 1 fully saturated rings. The van der Waals surface area contributed by atoms with Crippen molar-refractivity contribution >= 4 is 11.6 Å². The molecular weight excluding hydrogens is 345 g/mol. The summed E-state index contributed by atoms with van der Waals surface area (Å²) in [7, 11) is 0. The quantitative estimate of drug-likeness (QED) is 0.898. The Balaban J connectivity index is 1.58. The molecule has 0 spiro atoms. The van der Waals surface area contributed by atoms with Crippen molar-refractivity contribution in [2.45, 2.75) is 12.7 Å². The highest BCUT2D eigenvalue weighted by atomic mass is 19.4. The summed E-state index contributed by atoms with van der Waals surface area (Å²) >= 11 is 0. The van der Waals surface area contributed by atoms with Gasteiger partial charge in [-0.3, -0.25) is 9.69 Å². The lowest BCUT2D eigenvalue weighted by Crippen LogP contribution is -2.35. The minimum atomic E-state index is -4.41. The normalized spacial score (nSPS) is 15.7. The molecule has 0 bridgehead atoms. The van der Waals surface area contributed by atoms with Crippen molar-refractivity contribution in [1.29, 1.82) is 0 Å². The molecule has 4 nitrogen and oxygen atoms in total. The molecule has 1 aliphatic rings. The molecule has 0 atom stereocenters. The Morgan fingerprint density at radius 3 is 2.19 bits per heavy atom. The number of nitrogens with zero attached hydrogens (tertiary/aromatic N) is 1. The number of rotatable bonds is 4. The first-order valence-electron chi connectivity index (χ1n) is 8.29. The van der Waals surface area contributed by atoms with Crippen LogP contribution in [0, 0.1) is 0 Å². The first kappa shape index (κ1) is 18.4. The molecule has 3 rings (SSSR count). The van der Waals surface area contributed by atoms with E-state index in [1.54, 1.807) is 12.1 Å². The molecule has 0 aliphatic carbocycles. The molecule has 7 heteroatoms. The SMILES string of the molecule is O=C(Nc1ccc(CN2CCOCC2)cc1)c1ccc(C(F)(F)F)cc1. The molecule has 1 N–H and O–H groups in total. The van der Waals surface area contributed by atoms with Crippen LogP contribution in [-0.2, 0) is 17.5 Å². The maximum absolute atomic E-state index is 12.6. The van der Waals surface area contributed by atoms with Crippen molar-refractivity contribution < 1.29 is 22.7 Å². The lowest BCUT2D eigenvalue weighted by Gasteiger charge is -2.26. The Hall–Kier alpha value is -2.38. The highest BCUT2D eigenvalue weighted by Gasteiger charge is 2.30. The van der Waals surface area contributed by atoms with Crippen molar-refractivity contribution in [2.75, 3.05) is 31.6 Å². The van der Waals surface area contributed by atoms with E-state index in [1.165, 1.54) is 12.1 Å². The summed E-state index contributed by atoms with van der Waals surface area (Å²) < 4.78 is 43.0. The standard InChI is InChI=1S/C19H19F3N2O2/c20-19(21,22)16-5-3-15(4-6-16)18(25)23-17-7-1-14(2-8-17)13-24-9-11-26-12-10-24/h1-8H,9-13H2,(H,23,25). The summed E-state index contributed by atoms with van der Waals surface area (Å²) in [5, 5.41) is 2.69. The van der Waals surface area contributed by atoms with Crippen LogP contribution in [-0.4, -0.2) is 37.1 Å². The number of amides is 1. The average Bonchev–Trinajstić information content (AvgIpc) is 2.63. The smallest absolute Gasteiger partial charge is 0.379 e. The first-order valence-corrected chi connectivity index (χ1v) is 8.29. The van der Waals surface area contributed by atoms with Gasteiger partial charge in [0.2, 0.25) is 0 Å². The minimum absolute atomic E-state index is 0.176. The Labute approximate surface area is 149 Å². The number of carbonyl (C=O) groups excluding carboxylic acids is 1. The molecule has 2 aromatic carbocycles. The zero-order valence-corrected chi connectivity index (χ0v) is 14.1. The van der Waals surface area contributed by atoms with E-state index in [-0.39, 0.29) is 5.56 Å². The molecule has 0 aromatic heterocycles. The first-order chi connectivity index (χ1) is 12.4. The maximum atomic E-state index is 12.6. The summed E-state index contributed by atoms with van der Waals surface area (Å²) in [5.41, 5.74) is 1.12. The van der Waals surface area contributed by atoms with Gasteiger partial charge in [0.05, 0.1) is 18.8 Å². The summed E-state index contributed by atoms with van der Waals surface area (Å²) in [5.74, 6) is -0.445. The molecule has 1 saturated heterocycles. The van der Waals surface area contributed by atoms with E-state index >= 15 is 0 Å². The van der Waals surface area contributed by atoms with Crippen molar-refractivity contribution in [3.8, 4) is 0 Å². The zero-order chi connectivity index (χ0) is 18.6. The van der Waals surface area contributed by atoms with Gasteiger partial charge in [-0.05, 0) is 42.0 Å². The number of alkyl halides is 3. The van der Waals surface area contributed by atoms with E-state index in [4.69, 9.17) is 4.74 Å². The molecule has 0 saturated carbocycles. The predicted octanol–water partition coefficient (Wildman–Crippen LogP) is 3.79. The van der Waals surface area contributed by atoms with Gasteiger partial charge in [-0.25, -0.2) is 0 Å². The fourth-order valence-corrected chi connectivity index (χ4v) is 2.72. The lowest BCUT2D eigenvalue weighted by atomic mass is 10.1. The van der Waals surface area contributed by atoms with Gasteiger partial charge in [0.1, 0.15) is 0 Å². The molecule has 1 aliphatic heterocycles. The Morgan fingerprint density at radius 2 is 1.62 bits per heavy atom. The molecule has 1 heterocycles. The Kier molecular flexibility index (Phi) is 5.58. The third-order valence-corrected chi connectivity index (χ3v) is 4.20. The molecule has 2 aromatic rings. The number of anilines is 1. The van der Waals surface area contributed by atoms with Gasteiger partial charge in [-0.15, -0.1) is 0 Å². The molecule has 0 radical (unpaired) electrons. The molecule has 26 heavy (non-hydrogen) atoms. The zero-order valence-electron chi connectivity index (χ0n) is 14.1. The number of ether oxygens (including phenoxy) is 1. The van der Waals surface area contributed by atoms with Gasteiger partial charge in [-0.1, -0.05) is 12.1 Å². The molecular formula is C19H19F3N2O2. The van der Waals surface area contributed by atoms with E-state index in [0.717, 1.165) is 50.5 Å². The van der Waals surface area contributed by atoms with Crippen LogP contribution in [0.1, 0.15) is 21.5 Å². The lowest BCUT2D eigenvalue weighted by molar-refractivity contribution is -0.137. The van der Waals surface area contributed by atoms with Crippen molar-refractivity contribution in [3.63, 3.8) is 0 Å². The number of hydrogen-bond acceptors (Lipinski definition) is 3. The van der Waals surface area contributed by atoms with Crippen molar-refractivity contribution in [2.24, 2.45) is 0 Å². The number of nitrogens with one attached hydrogen (secondary N) is 1. The summed E-state index contributed by atoms with van der Waals surface area (Å²) in [6.45, 7) is 4.08. The van der Waals surface area contributed by atoms with Gasteiger partial charge in [-0.2, -0.15) is 13.2 Å². The monoisotopic (exact) mass is 364 g/mol. The predicted molar refractivity (Wildman–Crippen MR) is 91.9 cm³/mol. The second-order valence-electron chi connectivity index (χ2n) is 6.11. The minimum Gasteiger partial charge on any atom is -0.379 e. The highest BCUT2D eigenvalue weighted by Crippen LogP contribution is 2.29. The van der Waals surface area contributed by atoms with Crippen molar-refractivity contribution in [1.82, 2.24) is 4.90 Å². The topological polar surface area (TPSA) is 41.6 Å². The Morgan fingerprint density at radius 1 is 1.00 bits per heavy atom. The molecule has 1 amide bonds. The Bertz CT molecular complexity index is 737. The fourth-order valence-electron chi connectivity index (χ4n) is 2.72. The van der Waals surface area contributed by atoms with Crippen LogP contribution in [0.2, 0.25) is 0 Å². The van der Waals surface area contributed by atoms with Gasteiger partial charge in [0, 0.05) is 30.9 Å². The molecule has 0 unspecified atom stereocenters. The van der Waals surface area contributed by atoms with Crippen LogP contribution in [0.15, 0.2) is 48.5 Å². The summed E-state index contributed by atoms with van der Waals surface area (Å²) in [4.78, 5) is 14.5.